The fraction of sp³-hybridized carbons (Fsp3) is 0.793. The van der Waals surface area contributed by atoms with Gasteiger partial charge < -0.3 is 10.2 Å². The number of hydrogen-bond acceptors (Lipinski definition) is 2. The van der Waals surface area contributed by atoms with Gasteiger partial charge in [0.25, 0.3) is 0 Å². The lowest BCUT2D eigenvalue weighted by atomic mass is 9.60. The van der Waals surface area contributed by atoms with Gasteiger partial charge in [-0.3, -0.25) is 0 Å². The number of rotatable bonds is 6. The molecule has 0 aromatic heterocycles. The first-order chi connectivity index (χ1) is 14.5. The van der Waals surface area contributed by atoms with Crippen LogP contribution in [0.5, 0.6) is 0 Å². The highest BCUT2D eigenvalue weighted by Crippen LogP contribution is 2.60. The number of aliphatic hydroxyl groups is 2. The van der Waals surface area contributed by atoms with E-state index in [2.05, 4.69) is 33.4 Å². The summed E-state index contributed by atoms with van der Waals surface area (Å²) in [6.07, 6.45) is 16.2. The molecular formula is C29H48O2. The molecule has 2 N–H and O–H groups in total. The van der Waals surface area contributed by atoms with Crippen molar-refractivity contribution in [3.63, 3.8) is 0 Å². The summed E-state index contributed by atoms with van der Waals surface area (Å²) < 4.78 is 0. The highest BCUT2D eigenvalue weighted by molar-refractivity contribution is 5.42. The van der Waals surface area contributed by atoms with Crippen molar-refractivity contribution in [3.8, 4) is 0 Å². The van der Waals surface area contributed by atoms with Gasteiger partial charge in [-0.1, -0.05) is 51.3 Å². The average molecular weight is 429 g/mol. The molecule has 3 aliphatic carbocycles. The number of hydrogen-bond donors (Lipinski definition) is 2. The van der Waals surface area contributed by atoms with Crippen LogP contribution >= 0.6 is 0 Å². The maximum Gasteiger partial charge on any atom is 0.0787 e. The summed E-state index contributed by atoms with van der Waals surface area (Å²) in [5.74, 6) is 2.24. The van der Waals surface area contributed by atoms with E-state index in [4.69, 9.17) is 0 Å². The van der Waals surface area contributed by atoms with Gasteiger partial charge in [0.2, 0.25) is 0 Å². The van der Waals surface area contributed by atoms with Gasteiger partial charge in [0.15, 0.2) is 0 Å². The largest absolute Gasteiger partial charge is 0.390 e. The third-order valence-corrected chi connectivity index (χ3v) is 8.99. The van der Waals surface area contributed by atoms with Gasteiger partial charge in [-0.2, -0.15) is 0 Å². The molecule has 31 heavy (non-hydrogen) atoms. The Hall–Kier alpha value is -0.860. The normalized spacial score (nSPS) is 36.3. The quantitative estimate of drug-likeness (QED) is 0.430. The maximum absolute atomic E-state index is 10.4. The molecule has 0 saturated heterocycles. The van der Waals surface area contributed by atoms with Gasteiger partial charge in [-0.25, -0.2) is 0 Å². The first kappa shape index (κ1) is 24.8. The zero-order valence-corrected chi connectivity index (χ0v) is 21.0. The van der Waals surface area contributed by atoms with Crippen LogP contribution in [0.15, 0.2) is 34.9 Å². The zero-order chi connectivity index (χ0) is 22.8. The van der Waals surface area contributed by atoms with Gasteiger partial charge in [-0.15, -0.1) is 0 Å². The van der Waals surface area contributed by atoms with Crippen LogP contribution in [-0.4, -0.2) is 21.9 Å². The SMILES string of the molecule is C=C1/C(=C(C)\C=C2/CCCC3(C)C2CCC3[C@H](C)CCCC(C)(C)O)CCCCC1O. The molecule has 0 amide bonds. The topological polar surface area (TPSA) is 40.5 Å². The molecule has 0 aromatic rings. The van der Waals surface area contributed by atoms with E-state index in [1.807, 2.05) is 13.8 Å². The van der Waals surface area contributed by atoms with Crippen molar-refractivity contribution in [2.24, 2.45) is 23.2 Å². The van der Waals surface area contributed by atoms with Crippen LogP contribution in [0.4, 0.5) is 0 Å². The van der Waals surface area contributed by atoms with E-state index in [0.29, 0.717) is 11.3 Å². The molecular weight excluding hydrogens is 380 g/mol. The van der Waals surface area contributed by atoms with Crippen molar-refractivity contribution in [1.82, 2.24) is 0 Å². The van der Waals surface area contributed by atoms with Crippen molar-refractivity contribution < 1.29 is 10.2 Å². The summed E-state index contributed by atoms with van der Waals surface area (Å²) in [6.45, 7) is 15.4. The second kappa shape index (κ2) is 9.96. The van der Waals surface area contributed by atoms with Crippen LogP contribution in [0.3, 0.4) is 0 Å². The molecule has 4 unspecified atom stereocenters. The van der Waals surface area contributed by atoms with E-state index < -0.39 is 5.60 Å². The Morgan fingerprint density at radius 3 is 2.65 bits per heavy atom. The molecule has 3 aliphatic rings. The summed E-state index contributed by atoms with van der Waals surface area (Å²) >= 11 is 0. The lowest BCUT2D eigenvalue weighted by Gasteiger charge is -2.44. The molecule has 0 aliphatic heterocycles. The average Bonchev–Trinajstić information content (AvgIpc) is 2.95. The Bertz CT molecular complexity index is 707. The van der Waals surface area contributed by atoms with Crippen LogP contribution in [-0.2, 0) is 0 Å². The van der Waals surface area contributed by atoms with Crippen LogP contribution in [0.25, 0.3) is 0 Å². The molecule has 0 radical (unpaired) electrons. The zero-order valence-electron chi connectivity index (χ0n) is 21.0. The standard InChI is InChI=1S/C29H48O2/c1-20(11-9-17-28(4,5)31)25-15-16-26-23(12-10-18-29(25,26)6)19-21(2)24-13-7-8-14-27(30)22(24)3/h19-20,25-27,30-31H,3,7-18H2,1-2,4-6H3/b23-19+,24-21-/t20-,25?,26?,27?,29?/m1/s1. The third kappa shape index (κ3) is 5.74. The van der Waals surface area contributed by atoms with Crippen molar-refractivity contribution in [3.05, 3.63) is 34.9 Å². The van der Waals surface area contributed by atoms with Gasteiger partial charge in [-0.05, 0) is 118 Å². The minimum atomic E-state index is -0.539. The maximum atomic E-state index is 10.4. The van der Waals surface area contributed by atoms with E-state index in [-0.39, 0.29) is 6.10 Å². The Labute approximate surface area is 191 Å². The summed E-state index contributed by atoms with van der Waals surface area (Å²) in [5, 5.41) is 20.5. The number of allylic oxidation sites excluding steroid dienone is 3. The Morgan fingerprint density at radius 2 is 1.94 bits per heavy atom. The molecule has 3 fully saturated rings. The van der Waals surface area contributed by atoms with Crippen molar-refractivity contribution in [2.45, 2.75) is 123 Å². The van der Waals surface area contributed by atoms with Gasteiger partial charge in [0, 0.05) is 0 Å². The highest BCUT2D eigenvalue weighted by Gasteiger charge is 2.50. The summed E-state index contributed by atoms with van der Waals surface area (Å²) in [5.41, 5.74) is 5.18. The molecule has 3 rings (SSSR count). The molecule has 0 bridgehead atoms. The minimum absolute atomic E-state index is 0.358. The number of aliphatic hydroxyl groups excluding tert-OH is 1. The number of fused-ring (bicyclic) bond motifs is 1. The Kier molecular flexibility index (Phi) is 7.96. The van der Waals surface area contributed by atoms with Crippen molar-refractivity contribution in [2.75, 3.05) is 0 Å². The van der Waals surface area contributed by atoms with Crippen LogP contribution in [0.2, 0.25) is 0 Å². The predicted molar refractivity (Wildman–Crippen MR) is 132 cm³/mol. The minimum Gasteiger partial charge on any atom is -0.390 e. The molecule has 3 saturated carbocycles. The Morgan fingerprint density at radius 1 is 1.19 bits per heavy atom. The van der Waals surface area contributed by atoms with Crippen LogP contribution in [0, 0.1) is 23.2 Å². The molecule has 0 heterocycles. The van der Waals surface area contributed by atoms with E-state index in [0.717, 1.165) is 55.9 Å². The molecule has 2 nitrogen and oxygen atoms in total. The second-order valence-electron chi connectivity index (χ2n) is 11.9. The highest BCUT2D eigenvalue weighted by atomic mass is 16.3. The van der Waals surface area contributed by atoms with Gasteiger partial charge in [0.05, 0.1) is 11.7 Å². The summed E-state index contributed by atoms with van der Waals surface area (Å²) in [6, 6.07) is 0. The van der Waals surface area contributed by atoms with E-state index in [1.54, 1.807) is 5.57 Å². The monoisotopic (exact) mass is 428 g/mol. The van der Waals surface area contributed by atoms with Gasteiger partial charge in [0.1, 0.15) is 0 Å². The van der Waals surface area contributed by atoms with E-state index >= 15 is 0 Å². The first-order valence-electron chi connectivity index (χ1n) is 13.0. The van der Waals surface area contributed by atoms with Gasteiger partial charge >= 0.3 is 0 Å². The Balaban J connectivity index is 1.75. The molecule has 5 atom stereocenters. The molecule has 0 aromatic carbocycles. The molecule has 0 spiro atoms. The second-order valence-corrected chi connectivity index (χ2v) is 11.9. The van der Waals surface area contributed by atoms with Crippen LogP contribution in [0.1, 0.15) is 112 Å². The van der Waals surface area contributed by atoms with E-state index in [1.165, 1.54) is 49.7 Å². The molecule has 176 valence electrons. The summed E-state index contributed by atoms with van der Waals surface area (Å²) in [4.78, 5) is 0. The third-order valence-electron chi connectivity index (χ3n) is 8.99. The predicted octanol–water partition coefficient (Wildman–Crippen LogP) is 7.51. The first-order valence-corrected chi connectivity index (χ1v) is 13.0. The van der Waals surface area contributed by atoms with E-state index in [9.17, 15) is 10.2 Å². The lowest BCUT2D eigenvalue weighted by Crippen LogP contribution is -2.36. The summed E-state index contributed by atoms with van der Waals surface area (Å²) in [7, 11) is 0. The lowest BCUT2D eigenvalue weighted by molar-refractivity contribution is 0.0596. The fourth-order valence-electron chi connectivity index (χ4n) is 7.24. The van der Waals surface area contributed by atoms with Crippen molar-refractivity contribution >= 4 is 0 Å². The van der Waals surface area contributed by atoms with Crippen molar-refractivity contribution in [1.29, 1.82) is 0 Å². The van der Waals surface area contributed by atoms with Crippen LogP contribution < -0.4 is 0 Å². The smallest absolute Gasteiger partial charge is 0.0787 e. The fourth-order valence-corrected chi connectivity index (χ4v) is 7.24. The molecule has 2 heteroatoms.